The lowest BCUT2D eigenvalue weighted by Crippen LogP contribution is -2.66. The fraction of sp³-hybridized carbons (Fsp3) is 0.879. The Kier molecular flexibility index (Phi) is 25.7. The molecule has 16 N–H and O–H groups in total. The molecule has 2 heterocycles. The van der Waals surface area contributed by atoms with E-state index in [2.05, 4.69) is 34.0 Å². The molecule has 0 aromatic heterocycles. The molecule has 2 aliphatic heterocycles. The largest absolute Gasteiger partial charge is 0.756 e. The summed E-state index contributed by atoms with van der Waals surface area (Å²) in [4.78, 5) is 72.2. The summed E-state index contributed by atoms with van der Waals surface area (Å²) in [6, 6.07) is -3.36. The van der Waals surface area contributed by atoms with Crippen molar-refractivity contribution in [3.8, 4) is 0 Å². The second kappa shape index (κ2) is 28.4. The number of hydrogen-bond acceptors (Lipinski definition) is 28. The lowest BCUT2D eigenvalue weighted by atomic mass is 9.96. The van der Waals surface area contributed by atoms with Crippen molar-refractivity contribution in [3.05, 3.63) is 0 Å². The summed E-state index contributed by atoms with van der Waals surface area (Å²) in [5.74, 6) is -2.69. The third-order valence-corrected chi connectivity index (χ3v) is 11.4. The van der Waals surface area contributed by atoms with Crippen LogP contribution >= 0.6 is 15.6 Å². The van der Waals surface area contributed by atoms with Crippen molar-refractivity contribution in [2.24, 2.45) is 5.73 Å². The molecule has 2 rings (SSSR count). The molecule has 0 radical (unpaired) electrons. The van der Waals surface area contributed by atoms with Gasteiger partial charge >= 0.3 is 0 Å². The topological polar surface area (TPSA) is 507 Å². The number of aliphatic hydroxyl groups is 11. The second-order valence-corrected chi connectivity index (χ2v) is 17.5. The molecule has 386 valence electrons. The maximum absolute atomic E-state index is 12.9. The quantitative estimate of drug-likeness (QED) is 0.0235. The number of nitrogens with two attached hydrogens (primary N) is 1. The van der Waals surface area contributed by atoms with Gasteiger partial charge in [0.15, 0.2) is 12.6 Å². The number of nitrogens with one attached hydrogen (secondary N) is 3. The Bertz CT molecular complexity index is 1620. The Morgan fingerprint density at radius 1 is 0.652 bits per heavy atom. The van der Waals surface area contributed by atoms with Gasteiger partial charge in [0.1, 0.15) is 91.1 Å². The van der Waals surface area contributed by atoms with E-state index in [0.717, 1.165) is 13.8 Å². The van der Waals surface area contributed by atoms with Crippen LogP contribution in [0.3, 0.4) is 0 Å². The molecule has 2 aliphatic rings. The molecule has 2 fully saturated rings. The van der Waals surface area contributed by atoms with Gasteiger partial charge in [-0.05, 0) is 0 Å². The molecule has 0 aromatic rings. The van der Waals surface area contributed by atoms with E-state index in [1.54, 1.807) is 0 Å². The normalized spacial score (nSPS) is 30.4. The molecule has 0 aromatic carbocycles. The van der Waals surface area contributed by atoms with Gasteiger partial charge in [0.2, 0.25) is 17.7 Å². The van der Waals surface area contributed by atoms with Gasteiger partial charge in [-0.15, -0.1) is 0 Å². The van der Waals surface area contributed by atoms with Gasteiger partial charge in [0.05, 0.1) is 52.8 Å². The van der Waals surface area contributed by atoms with Crippen LogP contribution in [-0.4, -0.2) is 237 Å². The number of ketones is 1. The average molecular weight is 1010 g/mol. The van der Waals surface area contributed by atoms with Crippen molar-refractivity contribution >= 4 is 39.2 Å². The van der Waals surface area contributed by atoms with Crippen LogP contribution in [0.25, 0.3) is 0 Å². The van der Waals surface area contributed by atoms with Gasteiger partial charge < -0.3 is 125 Å². The summed E-state index contributed by atoms with van der Waals surface area (Å²) < 4.78 is 65.7. The maximum atomic E-state index is 12.9. The Morgan fingerprint density at radius 2 is 1.05 bits per heavy atom. The number of phosphoric ester groups is 2. The third kappa shape index (κ3) is 19.2. The molecular formula is C33H60N4O27P2-2. The summed E-state index contributed by atoms with van der Waals surface area (Å²) in [5.41, 5.74) is 5.17. The van der Waals surface area contributed by atoms with E-state index in [1.807, 2.05) is 0 Å². The van der Waals surface area contributed by atoms with Crippen molar-refractivity contribution in [1.82, 2.24) is 16.0 Å². The number of carbonyl (C=O) groups is 4. The highest BCUT2D eigenvalue weighted by Crippen LogP contribution is 2.40. The van der Waals surface area contributed by atoms with Gasteiger partial charge in [-0.2, -0.15) is 0 Å². The molecule has 3 amide bonds. The van der Waals surface area contributed by atoms with Crippen LogP contribution in [0.15, 0.2) is 0 Å². The van der Waals surface area contributed by atoms with Gasteiger partial charge in [-0.1, -0.05) is 0 Å². The number of phosphoric acid groups is 2. The number of ether oxygens (including phenoxy) is 4. The Labute approximate surface area is 375 Å². The maximum Gasteiger partial charge on any atom is 0.268 e. The van der Waals surface area contributed by atoms with E-state index in [9.17, 15) is 94.3 Å². The smallest absolute Gasteiger partial charge is 0.268 e. The van der Waals surface area contributed by atoms with Crippen LogP contribution in [0.1, 0.15) is 26.7 Å². The summed E-state index contributed by atoms with van der Waals surface area (Å²) in [7, 11) is -11.1. The number of hydrogen-bond donors (Lipinski definition) is 15. The van der Waals surface area contributed by atoms with E-state index < -0.39 is 190 Å². The molecule has 66 heavy (non-hydrogen) atoms. The molecule has 0 spiro atoms. The number of Topliss-reactive ketones (excluding diaryl/α,β-unsaturated/α-hetero) is 1. The van der Waals surface area contributed by atoms with Crippen molar-refractivity contribution in [2.45, 2.75) is 125 Å². The standard InChI is InChI=1S/C33H62N4O27P2/c1-14(41)36-24-28(51)26(49)21(9-39)61-32(24)63-30(17(44)8-38)18(45)11-59-66(55,56)60-13-20(47)31(64-33-25(37-15(2)42)29(52)27(50)22(10-40)62-33)19(46)12-58-65(53,54)57-6-5-35-23(48)4-3-16(43)7-34/h17-22,24-33,38-40,44-47,49-52H,3-13,34H2,1-2H3,(H,35,48)(H,36,41)(H,37,42)(H,53,54)(H,55,56)/p-2/t17-,18+,19+,20-,21?,22?,24?,25?,26-,27-,28-,29-,30-,31+,32+,33+/m1/s1. The summed E-state index contributed by atoms with van der Waals surface area (Å²) in [5, 5.41) is 121. The van der Waals surface area contributed by atoms with Crippen LogP contribution < -0.4 is 31.5 Å². The third-order valence-electron chi connectivity index (χ3n) is 9.53. The Balaban J connectivity index is 2.24. The van der Waals surface area contributed by atoms with Crippen molar-refractivity contribution in [3.63, 3.8) is 0 Å². The highest BCUT2D eigenvalue weighted by atomic mass is 31.2. The van der Waals surface area contributed by atoms with Gasteiger partial charge in [0.25, 0.3) is 15.6 Å². The first kappa shape index (κ1) is 59.8. The molecule has 33 heteroatoms. The van der Waals surface area contributed by atoms with Crippen molar-refractivity contribution < 1.29 is 131 Å². The van der Waals surface area contributed by atoms with Crippen LogP contribution in [-0.2, 0) is 65.4 Å². The first-order valence-corrected chi connectivity index (χ1v) is 22.9. The number of rotatable bonds is 30. The van der Waals surface area contributed by atoms with E-state index in [0.29, 0.717) is 0 Å². The lowest BCUT2D eigenvalue weighted by molar-refractivity contribution is -0.301. The summed E-state index contributed by atoms with van der Waals surface area (Å²) >= 11 is 0. The SMILES string of the molecule is CC(=O)NC1[C@H](O[C@H]([C@H](O)CO)[C@@H](O)COP(=O)([O-])OC[C@@H](O)[C@@H](O[C@@H]2OC(CO)[C@@H](O)[C@H](O)C2NC(C)=O)[C@@H](O)COP(=O)([O-])OCCNC(=O)CCC(=O)CN)OC(CO)[C@@H](O)[C@@H]1O. The Morgan fingerprint density at radius 3 is 1.41 bits per heavy atom. The zero-order chi connectivity index (χ0) is 50.1. The van der Waals surface area contributed by atoms with E-state index >= 15 is 0 Å². The monoisotopic (exact) mass is 1010 g/mol. The van der Waals surface area contributed by atoms with Crippen molar-refractivity contribution in [1.29, 1.82) is 0 Å². The fourth-order valence-corrected chi connectivity index (χ4v) is 7.59. The highest BCUT2D eigenvalue weighted by Gasteiger charge is 2.49. The van der Waals surface area contributed by atoms with E-state index in [-0.39, 0.29) is 19.4 Å². The Hall–Kier alpha value is -2.34. The van der Waals surface area contributed by atoms with Crippen molar-refractivity contribution in [2.75, 3.05) is 59.3 Å². The zero-order valence-corrected chi connectivity index (χ0v) is 37.2. The molecule has 0 aliphatic carbocycles. The van der Waals surface area contributed by atoms with E-state index in [4.69, 9.17) is 24.7 Å². The predicted octanol–water partition coefficient (Wildman–Crippen LogP) is -10.5. The fourth-order valence-electron chi connectivity index (χ4n) is 6.12. The van der Waals surface area contributed by atoms with E-state index in [1.165, 1.54) is 0 Å². The minimum atomic E-state index is -5.73. The molecule has 0 bridgehead atoms. The molecular weight excluding hydrogens is 946 g/mol. The molecule has 31 nitrogen and oxygen atoms in total. The lowest BCUT2D eigenvalue weighted by Gasteiger charge is -2.44. The molecule has 6 unspecified atom stereocenters. The average Bonchev–Trinajstić information content (AvgIpc) is 3.26. The second-order valence-electron chi connectivity index (χ2n) is 14.7. The number of amides is 3. The first-order chi connectivity index (χ1) is 30.8. The molecule has 2 saturated heterocycles. The molecule has 0 saturated carbocycles. The van der Waals surface area contributed by atoms with Crippen LogP contribution in [0.4, 0.5) is 0 Å². The predicted molar refractivity (Wildman–Crippen MR) is 207 cm³/mol. The first-order valence-electron chi connectivity index (χ1n) is 19.9. The minimum Gasteiger partial charge on any atom is -0.756 e. The van der Waals surface area contributed by atoms with Crippen LogP contribution in [0.2, 0.25) is 0 Å². The van der Waals surface area contributed by atoms with Gasteiger partial charge in [-0.25, -0.2) is 0 Å². The minimum absolute atomic E-state index is 0.176. The van der Waals surface area contributed by atoms with Crippen LogP contribution in [0, 0.1) is 0 Å². The number of carbonyl (C=O) groups excluding carboxylic acids is 4. The summed E-state index contributed by atoms with van der Waals surface area (Å²) in [6.45, 7) is -6.65. The summed E-state index contributed by atoms with van der Waals surface area (Å²) in [6.07, 6.45) is -28.4. The highest BCUT2D eigenvalue weighted by molar-refractivity contribution is 7.46. The van der Waals surface area contributed by atoms with Crippen LogP contribution in [0.5, 0.6) is 0 Å². The van der Waals surface area contributed by atoms with Gasteiger partial charge in [0, 0.05) is 33.2 Å². The molecule has 18 atom stereocenters. The number of aliphatic hydroxyl groups excluding tert-OH is 11. The zero-order valence-electron chi connectivity index (χ0n) is 35.4. The van der Waals surface area contributed by atoms with Gasteiger partial charge in [-0.3, -0.25) is 28.3 Å².